The van der Waals surface area contributed by atoms with Crippen LogP contribution in [0.25, 0.3) is 0 Å². The van der Waals surface area contributed by atoms with Crippen molar-refractivity contribution in [2.45, 2.75) is 20.3 Å². The van der Waals surface area contributed by atoms with E-state index in [4.69, 9.17) is 26.8 Å². The minimum absolute atomic E-state index is 0.0652. The first kappa shape index (κ1) is 18.3. The van der Waals surface area contributed by atoms with E-state index in [1.165, 1.54) is 6.20 Å². The Morgan fingerprint density at radius 1 is 1.21 bits per heavy atom. The van der Waals surface area contributed by atoms with E-state index in [0.29, 0.717) is 24.0 Å². The maximum absolute atomic E-state index is 13.7. The molecule has 0 amide bonds. The monoisotopic (exact) mass is 356 g/mol. The minimum Gasteiger partial charge on any atom is -0.492 e. The zero-order chi connectivity index (χ0) is 17.7. The number of nitrogens with zero attached hydrogens (tertiary/aromatic N) is 1. The fraction of sp³-hybridized carbons (Fsp3) is 0.353. The van der Waals surface area contributed by atoms with Gasteiger partial charge in [0.1, 0.15) is 17.4 Å². The number of hydrogen-bond acceptors (Lipinski definition) is 4. The van der Waals surface area contributed by atoms with Crippen LogP contribution in [0.4, 0.5) is 14.6 Å². The van der Waals surface area contributed by atoms with Crippen LogP contribution in [0, 0.1) is 17.6 Å². The topological polar surface area (TPSA) is 57.4 Å². The largest absolute Gasteiger partial charge is 0.492 e. The van der Waals surface area contributed by atoms with Gasteiger partial charge < -0.3 is 15.2 Å². The Morgan fingerprint density at radius 2 is 1.92 bits per heavy atom. The van der Waals surface area contributed by atoms with Gasteiger partial charge in [0.05, 0.1) is 24.4 Å². The van der Waals surface area contributed by atoms with Crippen LogP contribution in [0.2, 0.25) is 5.02 Å². The zero-order valence-electron chi connectivity index (χ0n) is 13.5. The number of pyridine rings is 1. The van der Waals surface area contributed by atoms with Crippen molar-refractivity contribution in [2.24, 2.45) is 5.92 Å². The third kappa shape index (κ3) is 4.71. The number of nitrogen functional groups attached to an aromatic ring is 1. The lowest BCUT2D eigenvalue weighted by Gasteiger charge is -2.13. The first-order valence-electron chi connectivity index (χ1n) is 7.52. The molecule has 2 rings (SSSR count). The molecule has 0 fully saturated rings. The highest BCUT2D eigenvalue weighted by molar-refractivity contribution is 6.31. The Labute approximate surface area is 144 Å². The number of rotatable bonds is 7. The van der Waals surface area contributed by atoms with Crippen LogP contribution in [-0.2, 0) is 6.42 Å². The molecule has 2 N–H and O–H groups in total. The summed E-state index contributed by atoms with van der Waals surface area (Å²) in [6.07, 6.45) is 1.60. The van der Waals surface area contributed by atoms with E-state index in [1.54, 1.807) is 6.07 Å². The molecule has 1 aromatic heterocycles. The molecule has 0 bridgehead atoms. The number of benzene rings is 1. The number of aromatic nitrogens is 1. The maximum Gasteiger partial charge on any atom is 0.166 e. The minimum atomic E-state index is -0.668. The van der Waals surface area contributed by atoms with Crippen molar-refractivity contribution in [3.05, 3.63) is 46.6 Å². The molecule has 1 heterocycles. The number of hydrogen-bond donors (Lipinski definition) is 1. The van der Waals surface area contributed by atoms with Gasteiger partial charge in [0.25, 0.3) is 0 Å². The van der Waals surface area contributed by atoms with Crippen molar-refractivity contribution in [3.8, 4) is 11.5 Å². The molecule has 0 atom stereocenters. The fourth-order valence-corrected chi connectivity index (χ4v) is 2.20. The molecule has 0 aliphatic carbocycles. The third-order valence-corrected chi connectivity index (χ3v) is 3.60. The summed E-state index contributed by atoms with van der Waals surface area (Å²) in [6.45, 7) is 4.66. The van der Waals surface area contributed by atoms with Gasteiger partial charge in [-0.3, -0.25) is 0 Å². The van der Waals surface area contributed by atoms with Gasteiger partial charge in [-0.1, -0.05) is 25.4 Å². The van der Waals surface area contributed by atoms with Crippen LogP contribution in [-0.4, -0.2) is 18.2 Å². The van der Waals surface area contributed by atoms with Crippen molar-refractivity contribution in [1.82, 2.24) is 4.98 Å². The zero-order valence-corrected chi connectivity index (χ0v) is 14.2. The molecule has 0 saturated heterocycles. The Balaban J connectivity index is 2.02. The second-order valence-electron chi connectivity index (χ2n) is 5.68. The Kier molecular flexibility index (Phi) is 6.20. The van der Waals surface area contributed by atoms with E-state index in [2.05, 4.69) is 4.98 Å². The van der Waals surface area contributed by atoms with Crippen molar-refractivity contribution in [2.75, 3.05) is 18.9 Å². The van der Waals surface area contributed by atoms with E-state index < -0.39 is 11.6 Å². The molecule has 0 spiro atoms. The molecule has 0 aliphatic rings. The van der Waals surface area contributed by atoms with Gasteiger partial charge in [0.2, 0.25) is 0 Å². The average Bonchev–Trinajstić information content (AvgIpc) is 2.54. The van der Waals surface area contributed by atoms with Crippen LogP contribution in [0.1, 0.15) is 19.4 Å². The van der Waals surface area contributed by atoms with Crippen LogP contribution in [0.3, 0.4) is 0 Å². The third-order valence-electron chi connectivity index (χ3n) is 3.19. The number of halogens is 3. The summed E-state index contributed by atoms with van der Waals surface area (Å²) in [7, 11) is 0. The second kappa shape index (κ2) is 8.15. The summed E-state index contributed by atoms with van der Waals surface area (Å²) in [5, 5.41) is -0.237. The van der Waals surface area contributed by atoms with Crippen LogP contribution in [0.15, 0.2) is 24.4 Å². The van der Waals surface area contributed by atoms with Crippen molar-refractivity contribution >= 4 is 17.4 Å². The summed E-state index contributed by atoms with van der Waals surface area (Å²) in [4.78, 5) is 4.00. The smallest absolute Gasteiger partial charge is 0.166 e. The van der Waals surface area contributed by atoms with Gasteiger partial charge in [0, 0.05) is 18.1 Å². The van der Waals surface area contributed by atoms with Crippen LogP contribution >= 0.6 is 11.6 Å². The Hall–Kier alpha value is -2.08. The molecule has 0 radical (unpaired) electrons. The molecule has 1 aromatic carbocycles. The highest BCUT2D eigenvalue weighted by Gasteiger charge is 2.13. The number of anilines is 1. The Bertz CT molecular complexity index is 711. The van der Waals surface area contributed by atoms with E-state index in [1.807, 2.05) is 13.8 Å². The average molecular weight is 357 g/mol. The van der Waals surface area contributed by atoms with Crippen molar-refractivity contribution in [3.63, 3.8) is 0 Å². The van der Waals surface area contributed by atoms with Gasteiger partial charge in [0.15, 0.2) is 11.6 Å². The SMILES string of the molecule is CC(C)COc1cnc(N)c(OCCc2c(F)ccc(F)c2Cl)c1. The quantitative estimate of drug-likeness (QED) is 0.753. The van der Waals surface area contributed by atoms with Gasteiger partial charge in [-0.15, -0.1) is 0 Å². The molecule has 7 heteroatoms. The van der Waals surface area contributed by atoms with Gasteiger partial charge in [-0.25, -0.2) is 13.8 Å². The van der Waals surface area contributed by atoms with Gasteiger partial charge >= 0.3 is 0 Å². The summed E-state index contributed by atoms with van der Waals surface area (Å²) in [6, 6.07) is 3.64. The normalized spacial score (nSPS) is 10.9. The van der Waals surface area contributed by atoms with Gasteiger partial charge in [-0.05, 0) is 18.1 Å². The van der Waals surface area contributed by atoms with E-state index in [9.17, 15) is 8.78 Å². The molecule has 0 aliphatic heterocycles. The second-order valence-corrected chi connectivity index (χ2v) is 6.06. The fourth-order valence-electron chi connectivity index (χ4n) is 1.96. The summed E-state index contributed by atoms with van der Waals surface area (Å²) >= 11 is 5.78. The highest BCUT2D eigenvalue weighted by Crippen LogP contribution is 2.26. The van der Waals surface area contributed by atoms with E-state index in [-0.39, 0.29) is 29.4 Å². The molecule has 0 saturated carbocycles. The highest BCUT2D eigenvalue weighted by atomic mass is 35.5. The summed E-state index contributed by atoms with van der Waals surface area (Å²) < 4.78 is 38.2. The van der Waals surface area contributed by atoms with Crippen molar-refractivity contribution < 1.29 is 18.3 Å². The van der Waals surface area contributed by atoms with E-state index >= 15 is 0 Å². The summed E-state index contributed by atoms with van der Waals surface area (Å²) in [5.41, 5.74) is 5.82. The lowest BCUT2D eigenvalue weighted by atomic mass is 10.1. The molecule has 4 nitrogen and oxygen atoms in total. The number of nitrogens with two attached hydrogens (primary N) is 1. The standard InChI is InChI=1S/C17H19ClF2N2O2/c1-10(2)9-24-11-7-15(17(21)22-8-11)23-6-5-12-13(19)3-4-14(20)16(12)18/h3-4,7-8,10H,5-6,9H2,1-2H3,(H2,21,22). The number of ether oxygens (including phenoxy) is 2. The molecule has 130 valence electrons. The predicted molar refractivity (Wildman–Crippen MR) is 89.5 cm³/mol. The first-order valence-corrected chi connectivity index (χ1v) is 7.89. The molecule has 2 aromatic rings. The van der Waals surface area contributed by atoms with Crippen LogP contribution < -0.4 is 15.2 Å². The molecule has 0 unspecified atom stereocenters. The van der Waals surface area contributed by atoms with Crippen molar-refractivity contribution in [1.29, 1.82) is 0 Å². The molecule has 24 heavy (non-hydrogen) atoms. The Morgan fingerprint density at radius 3 is 2.62 bits per heavy atom. The van der Waals surface area contributed by atoms with E-state index in [0.717, 1.165) is 12.1 Å². The molecular formula is C17H19ClF2N2O2. The van der Waals surface area contributed by atoms with Crippen LogP contribution in [0.5, 0.6) is 11.5 Å². The maximum atomic E-state index is 13.7. The summed E-state index contributed by atoms with van der Waals surface area (Å²) in [5.74, 6) is 0.165. The molecular weight excluding hydrogens is 338 g/mol. The van der Waals surface area contributed by atoms with Gasteiger partial charge in [-0.2, -0.15) is 0 Å². The lowest BCUT2D eigenvalue weighted by molar-refractivity contribution is 0.266. The lowest BCUT2D eigenvalue weighted by Crippen LogP contribution is -2.08. The predicted octanol–water partition coefficient (Wildman–Crippen LogP) is 4.25. The first-order chi connectivity index (χ1) is 11.4.